The van der Waals surface area contributed by atoms with E-state index in [-0.39, 0.29) is 6.04 Å². The van der Waals surface area contributed by atoms with Crippen LogP contribution in [0.1, 0.15) is 32.1 Å². The molecule has 0 aliphatic carbocycles. The Bertz CT molecular complexity index is 503. The lowest BCUT2D eigenvalue weighted by atomic mass is 10.0. The van der Waals surface area contributed by atoms with Gasteiger partial charge in [0.15, 0.2) is 5.65 Å². The van der Waals surface area contributed by atoms with Crippen LogP contribution in [0.15, 0.2) is 12.1 Å². The molecule has 0 amide bonds. The molecule has 92 valence electrons. The first-order valence-electron chi connectivity index (χ1n) is 5.90. The standard InChI is InChI=1S/C12H19N5/c1-7(2)6-8(13)11-15-9-4-5-10(14-3)16-12(9)17-11/h4-5,7-8H,6,13H2,1-3H3,(H2,14,15,16,17). The van der Waals surface area contributed by atoms with Crippen molar-refractivity contribution < 1.29 is 0 Å². The third-order valence-corrected chi connectivity index (χ3v) is 2.70. The summed E-state index contributed by atoms with van der Waals surface area (Å²) in [5.41, 5.74) is 7.74. The number of nitrogens with two attached hydrogens (primary N) is 1. The van der Waals surface area contributed by atoms with Gasteiger partial charge in [-0.2, -0.15) is 0 Å². The van der Waals surface area contributed by atoms with Crippen LogP contribution in [0.4, 0.5) is 5.82 Å². The highest BCUT2D eigenvalue weighted by molar-refractivity contribution is 5.72. The predicted molar refractivity (Wildman–Crippen MR) is 69.8 cm³/mol. The zero-order chi connectivity index (χ0) is 12.4. The predicted octanol–water partition coefficient (Wildman–Crippen LogP) is 2.05. The molecule has 0 saturated carbocycles. The van der Waals surface area contributed by atoms with Gasteiger partial charge in [0.2, 0.25) is 0 Å². The third-order valence-electron chi connectivity index (χ3n) is 2.70. The van der Waals surface area contributed by atoms with Crippen molar-refractivity contribution >= 4 is 17.0 Å². The lowest BCUT2D eigenvalue weighted by molar-refractivity contribution is 0.496. The van der Waals surface area contributed by atoms with Gasteiger partial charge in [-0.1, -0.05) is 13.8 Å². The lowest BCUT2D eigenvalue weighted by Crippen LogP contribution is -2.14. The summed E-state index contributed by atoms with van der Waals surface area (Å²) in [5.74, 6) is 2.18. The molecule has 1 unspecified atom stereocenters. The summed E-state index contributed by atoms with van der Waals surface area (Å²) in [6, 6.07) is 3.83. The van der Waals surface area contributed by atoms with E-state index in [0.29, 0.717) is 11.6 Å². The molecule has 4 N–H and O–H groups in total. The number of nitrogens with zero attached hydrogens (tertiary/aromatic N) is 2. The fourth-order valence-electron chi connectivity index (χ4n) is 1.85. The maximum Gasteiger partial charge on any atom is 0.179 e. The number of fused-ring (bicyclic) bond motifs is 1. The molecule has 0 radical (unpaired) electrons. The molecule has 2 aromatic heterocycles. The smallest absolute Gasteiger partial charge is 0.179 e. The summed E-state index contributed by atoms with van der Waals surface area (Å²) >= 11 is 0. The Morgan fingerprint density at radius 3 is 2.76 bits per heavy atom. The Morgan fingerprint density at radius 2 is 2.12 bits per heavy atom. The first-order chi connectivity index (χ1) is 8.10. The van der Waals surface area contributed by atoms with Crippen LogP contribution in [-0.2, 0) is 0 Å². The number of rotatable bonds is 4. The van der Waals surface area contributed by atoms with Crippen LogP contribution in [0.3, 0.4) is 0 Å². The molecule has 2 rings (SSSR count). The van der Waals surface area contributed by atoms with Gasteiger partial charge in [0.25, 0.3) is 0 Å². The van der Waals surface area contributed by atoms with Crippen LogP contribution >= 0.6 is 0 Å². The molecule has 2 heterocycles. The fourth-order valence-corrected chi connectivity index (χ4v) is 1.85. The lowest BCUT2D eigenvalue weighted by Gasteiger charge is -2.10. The van der Waals surface area contributed by atoms with E-state index in [1.807, 2.05) is 19.2 Å². The molecule has 0 aromatic carbocycles. The molecule has 0 aliphatic rings. The molecule has 5 nitrogen and oxygen atoms in total. The first-order valence-corrected chi connectivity index (χ1v) is 5.90. The van der Waals surface area contributed by atoms with Gasteiger partial charge in [0, 0.05) is 7.05 Å². The average molecular weight is 233 g/mol. The van der Waals surface area contributed by atoms with E-state index < -0.39 is 0 Å². The average Bonchev–Trinajstić information content (AvgIpc) is 2.70. The van der Waals surface area contributed by atoms with Gasteiger partial charge in [-0.3, -0.25) is 0 Å². The number of hydrogen-bond acceptors (Lipinski definition) is 4. The Morgan fingerprint density at radius 1 is 1.35 bits per heavy atom. The highest BCUT2D eigenvalue weighted by atomic mass is 15.1. The first kappa shape index (κ1) is 11.9. The number of anilines is 1. The summed E-state index contributed by atoms with van der Waals surface area (Å²) in [5, 5.41) is 2.99. The molecule has 1 atom stereocenters. The van der Waals surface area contributed by atoms with Crippen molar-refractivity contribution in [2.75, 3.05) is 12.4 Å². The Balaban J connectivity index is 2.30. The topological polar surface area (TPSA) is 79.6 Å². The van der Waals surface area contributed by atoms with Gasteiger partial charge in [-0.05, 0) is 24.5 Å². The van der Waals surface area contributed by atoms with E-state index >= 15 is 0 Å². The number of pyridine rings is 1. The molecular weight excluding hydrogens is 214 g/mol. The quantitative estimate of drug-likeness (QED) is 0.755. The molecule has 0 spiro atoms. The minimum Gasteiger partial charge on any atom is -0.373 e. The monoisotopic (exact) mass is 233 g/mol. The van der Waals surface area contributed by atoms with E-state index in [1.165, 1.54) is 0 Å². The number of aromatic amines is 1. The van der Waals surface area contributed by atoms with Crippen LogP contribution in [-0.4, -0.2) is 22.0 Å². The Hall–Kier alpha value is -1.62. The molecule has 0 aliphatic heterocycles. The van der Waals surface area contributed by atoms with E-state index in [0.717, 1.165) is 23.6 Å². The Kier molecular flexibility index (Phi) is 3.28. The van der Waals surface area contributed by atoms with Crippen molar-refractivity contribution in [2.24, 2.45) is 11.7 Å². The second kappa shape index (κ2) is 4.71. The number of aromatic nitrogens is 3. The minimum atomic E-state index is -0.0535. The van der Waals surface area contributed by atoms with Crippen LogP contribution in [0, 0.1) is 5.92 Å². The van der Waals surface area contributed by atoms with Gasteiger partial charge >= 0.3 is 0 Å². The second-order valence-corrected chi connectivity index (χ2v) is 4.68. The summed E-state index contributed by atoms with van der Waals surface area (Å²) < 4.78 is 0. The molecule has 0 fully saturated rings. The number of hydrogen-bond donors (Lipinski definition) is 3. The van der Waals surface area contributed by atoms with Crippen LogP contribution in [0.5, 0.6) is 0 Å². The van der Waals surface area contributed by atoms with Crippen molar-refractivity contribution in [3.8, 4) is 0 Å². The number of H-pyrrole nitrogens is 1. The number of nitrogens with one attached hydrogen (secondary N) is 2. The normalized spacial score (nSPS) is 13.2. The van der Waals surface area contributed by atoms with Crippen molar-refractivity contribution in [3.63, 3.8) is 0 Å². The maximum absolute atomic E-state index is 6.09. The zero-order valence-electron chi connectivity index (χ0n) is 10.5. The van der Waals surface area contributed by atoms with Crippen molar-refractivity contribution in [1.29, 1.82) is 0 Å². The molecule has 17 heavy (non-hydrogen) atoms. The second-order valence-electron chi connectivity index (χ2n) is 4.68. The minimum absolute atomic E-state index is 0.0535. The van der Waals surface area contributed by atoms with Gasteiger partial charge < -0.3 is 16.0 Å². The molecule has 0 bridgehead atoms. The van der Waals surface area contributed by atoms with E-state index in [9.17, 15) is 0 Å². The van der Waals surface area contributed by atoms with Crippen LogP contribution < -0.4 is 11.1 Å². The largest absolute Gasteiger partial charge is 0.373 e. The maximum atomic E-state index is 6.09. The van der Waals surface area contributed by atoms with Gasteiger partial charge in [0.05, 0.1) is 11.6 Å². The van der Waals surface area contributed by atoms with Gasteiger partial charge in [0.1, 0.15) is 11.6 Å². The molecular formula is C12H19N5. The zero-order valence-corrected chi connectivity index (χ0v) is 10.5. The van der Waals surface area contributed by atoms with Gasteiger partial charge in [-0.15, -0.1) is 0 Å². The summed E-state index contributed by atoms with van der Waals surface area (Å²) in [4.78, 5) is 12.0. The molecule has 5 heteroatoms. The third kappa shape index (κ3) is 2.55. The van der Waals surface area contributed by atoms with E-state index in [1.54, 1.807) is 0 Å². The van der Waals surface area contributed by atoms with Crippen molar-refractivity contribution in [2.45, 2.75) is 26.3 Å². The fraction of sp³-hybridized carbons (Fsp3) is 0.500. The van der Waals surface area contributed by atoms with Crippen LogP contribution in [0.2, 0.25) is 0 Å². The molecule has 0 saturated heterocycles. The molecule has 2 aromatic rings. The highest BCUT2D eigenvalue weighted by Crippen LogP contribution is 2.19. The van der Waals surface area contributed by atoms with Gasteiger partial charge in [-0.25, -0.2) is 9.97 Å². The highest BCUT2D eigenvalue weighted by Gasteiger charge is 2.13. The van der Waals surface area contributed by atoms with E-state index in [2.05, 4.69) is 34.1 Å². The van der Waals surface area contributed by atoms with E-state index in [4.69, 9.17) is 5.73 Å². The summed E-state index contributed by atoms with van der Waals surface area (Å²) in [7, 11) is 1.84. The Labute approximate surface area is 101 Å². The van der Waals surface area contributed by atoms with Crippen molar-refractivity contribution in [1.82, 2.24) is 15.0 Å². The SMILES string of the molecule is CNc1ccc2[nH]c(C(N)CC(C)C)nc2n1. The van der Waals surface area contributed by atoms with Crippen molar-refractivity contribution in [3.05, 3.63) is 18.0 Å². The summed E-state index contributed by atoms with van der Waals surface area (Å²) in [6.45, 7) is 4.31. The summed E-state index contributed by atoms with van der Waals surface area (Å²) in [6.07, 6.45) is 0.915. The van der Waals surface area contributed by atoms with Crippen LogP contribution in [0.25, 0.3) is 11.2 Å². The number of imidazole rings is 1.